The highest BCUT2D eigenvalue weighted by Gasteiger charge is 2.32. The average molecular weight is 330 g/mol. The van der Waals surface area contributed by atoms with E-state index < -0.39 is 0 Å². The van der Waals surface area contributed by atoms with E-state index in [2.05, 4.69) is 15.6 Å². The van der Waals surface area contributed by atoms with Gasteiger partial charge >= 0.3 is 0 Å². The largest absolute Gasteiger partial charge is 0.353 e. The molecule has 0 aliphatic carbocycles. The van der Waals surface area contributed by atoms with Crippen LogP contribution in [0.15, 0.2) is 42.0 Å². The molecule has 1 fully saturated rings. The van der Waals surface area contributed by atoms with Crippen LogP contribution in [0.1, 0.15) is 16.5 Å². The Morgan fingerprint density at radius 3 is 3.09 bits per heavy atom. The van der Waals surface area contributed by atoms with Gasteiger partial charge in [0.1, 0.15) is 6.04 Å². The molecule has 3 rings (SSSR count). The fraction of sp³-hybridized carbons (Fsp3) is 0.312. The Kier molecular flexibility index (Phi) is 4.99. The van der Waals surface area contributed by atoms with E-state index in [1.807, 2.05) is 34.5 Å². The lowest BCUT2D eigenvalue weighted by Crippen LogP contribution is -2.52. The minimum atomic E-state index is -0.382. The molecule has 0 spiro atoms. The summed E-state index contributed by atoms with van der Waals surface area (Å²) in [7, 11) is 0. The van der Waals surface area contributed by atoms with Crippen LogP contribution in [0.3, 0.4) is 0 Å². The third kappa shape index (κ3) is 3.94. The summed E-state index contributed by atoms with van der Waals surface area (Å²) < 4.78 is 0. The van der Waals surface area contributed by atoms with Crippen LogP contribution in [-0.2, 0) is 16.1 Å². The third-order valence-electron chi connectivity index (χ3n) is 3.68. The number of hydrogen-bond donors (Lipinski definition) is 2. The van der Waals surface area contributed by atoms with Crippen molar-refractivity contribution in [3.8, 4) is 0 Å². The molecule has 23 heavy (non-hydrogen) atoms. The third-order valence-corrected chi connectivity index (χ3v) is 4.61. The van der Waals surface area contributed by atoms with Crippen molar-refractivity contribution in [1.29, 1.82) is 0 Å². The predicted molar refractivity (Wildman–Crippen MR) is 87.7 cm³/mol. The van der Waals surface area contributed by atoms with Crippen molar-refractivity contribution >= 4 is 23.2 Å². The van der Waals surface area contributed by atoms with Crippen LogP contribution in [0.4, 0.5) is 0 Å². The van der Waals surface area contributed by atoms with E-state index >= 15 is 0 Å². The molecule has 1 atom stereocenters. The van der Waals surface area contributed by atoms with E-state index in [0.717, 1.165) is 10.4 Å². The number of aromatic nitrogens is 1. The van der Waals surface area contributed by atoms with Gasteiger partial charge in [-0.3, -0.25) is 19.5 Å². The molecular formula is C16H18N4O2S. The number of nitrogens with zero attached hydrogens (tertiary/aromatic N) is 2. The van der Waals surface area contributed by atoms with Crippen molar-refractivity contribution in [1.82, 2.24) is 20.5 Å². The Hall–Kier alpha value is -2.25. The van der Waals surface area contributed by atoms with Gasteiger partial charge in [-0.05, 0) is 23.1 Å². The van der Waals surface area contributed by atoms with Crippen LogP contribution in [0.2, 0.25) is 0 Å². The Balaban J connectivity index is 1.60. The molecule has 0 bridgehead atoms. The highest BCUT2D eigenvalue weighted by molar-refractivity contribution is 7.10. The lowest BCUT2D eigenvalue weighted by molar-refractivity contribution is -0.131. The predicted octanol–water partition coefficient (Wildman–Crippen LogP) is 0.932. The molecule has 0 aromatic carbocycles. The SMILES string of the molecule is O=C(CN1CCNC(=O)C1c1cccs1)NCc1cccnc1. The summed E-state index contributed by atoms with van der Waals surface area (Å²) in [6, 6.07) is 7.22. The van der Waals surface area contributed by atoms with Crippen LogP contribution in [0, 0.1) is 0 Å². The number of carbonyl (C=O) groups excluding carboxylic acids is 2. The van der Waals surface area contributed by atoms with Crippen molar-refractivity contribution in [3.05, 3.63) is 52.5 Å². The standard InChI is InChI=1S/C16H18N4O2S/c21-14(19-10-12-3-1-5-17-9-12)11-20-7-6-18-16(22)15(20)13-4-2-8-23-13/h1-5,8-9,15H,6-7,10-11H2,(H,18,22)(H,19,21). The molecule has 0 saturated carbocycles. The summed E-state index contributed by atoms with van der Waals surface area (Å²) in [5, 5.41) is 7.69. The van der Waals surface area contributed by atoms with Crippen molar-refractivity contribution < 1.29 is 9.59 Å². The number of nitrogens with one attached hydrogen (secondary N) is 2. The summed E-state index contributed by atoms with van der Waals surface area (Å²) >= 11 is 1.53. The van der Waals surface area contributed by atoms with Crippen LogP contribution >= 0.6 is 11.3 Å². The Bertz CT molecular complexity index is 660. The number of hydrogen-bond acceptors (Lipinski definition) is 5. The molecule has 6 nitrogen and oxygen atoms in total. The molecule has 3 heterocycles. The highest BCUT2D eigenvalue weighted by Crippen LogP contribution is 2.26. The zero-order valence-corrected chi connectivity index (χ0v) is 13.4. The zero-order valence-electron chi connectivity index (χ0n) is 12.6. The van der Waals surface area contributed by atoms with E-state index in [9.17, 15) is 9.59 Å². The second-order valence-corrected chi connectivity index (χ2v) is 6.30. The lowest BCUT2D eigenvalue weighted by atomic mass is 10.1. The van der Waals surface area contributed by atoms with Crippen molar-refractivity contribution in [2.75, 3.05) is 19.6 Å². The number of carbonyl (C=O) groups is 2. The van der Waals surface area contributed by atoms with E-state index in [1.54, 1.807) is 12.4 Å². The van der Waals surface area contributed by atoms with Gasteiger partial charge in [0.2, 0.25) is 11.8 Å². The van der Waals surface area contributed by atoms with Crippen LogP contribution < -0.4 is 10.6 Å². The maximum atomic E-state index is 12.2. The van der Waals surface area contributed by atoms with Crippen LogP contribution in [0.5, 0.6) is 0 Å². The number of amides is 2. The van der Waals surface area contributed by atoms with Gasteiger partial charge in [0, 0.05) is 36.9 Å². The maximum Gasteiger partial charge on any atom is 0.242 e. The van der Waals surface area contributed by atoms with Gasteiger partial charge in [0.15, 0.2) is 0 Å². The summed E-state index contributed by atoms with van der Waals surface area (Å²) in [6.45, 7) is 1.87. The van der Waals surface area contributed by atoms with Crippen molar-refractivity contribution in [2.45, 2.75) is 12.6 Å². The Morgan fingerprint density at radius 2 is 2.35 bits per heavy atom. The average Bonchev–Trinajstić information content (AvgIpc) is 3.08. The van der Waals surface area contributed by atoms with Crippen LogP contribution in [-0.4, -0.2) is 41.3 Å². The first-order chi connectivity index (χ1) is 11.2. The highest BCUT2D eigenvalue weighted by atomic mass is 32.1. The summed E-state index contributed by atoms with van der Waals surface area (Å²) in [6.07, 6.45) is 3.42. The first-order valence-corrected chi connectivity index (χ1v) is 8.33. The van der Waals surface area contributed by atoms with Gasteiger partial charge in [-0.15, -0.1) is 11.3 Å². The molecule has 2 amide bonds. The molecule has 7 heteroatoms. The fourth-order valence-electron chi connectivity index (χ4n) is 2.58. The molecule has 2 aromatic rings. The second kappa shape index (κ2) is 7.34. The minimum Gasteiger partial charge on any atom is -0.353 e. The van der Waals surface area contributed by atoms with Gasteiger partial charge in [0.25, 0.3) is 0 Å². The van der Waals surface area contributed by atoms with Crippen molar-refractivity contribution in [3.63, 3.8) is 0 Å². The normalized spacial score (nSPS) is 18.4. The fourth-order valence-corrected chi connectivity index (χ4v) is 3.44. The van der Waals surface area contributed by atoms with E-state index in [4.69, 9.17) is 0 Å². The Morgan fingerprint density at radius 1 is 1.43 bits per heavy atom. The van der Waals surface area contributed by atoms with Gasteiger partial charge < -0.3 is 10.6 Å². The number of thiophene rings is 1. The quantitative estimate of drug-likeness (QED) is 0.855. The first-order valence-electron chi connectivity index (χ1n) is 7.45. The monoisotopic (exact) mass is 330 g/mol. The first kappa shape index (κ1) is 15.6. The number of pyridine rings is 1. The van der Waals surface area contributed by atoms with E-state index in [0.29, 0.717) is 19.6 Å². The summed E-state index contributed by atoms with van der Waals surface area (Å²) in [5.41, 5.74) is 0.951. The molecule has 2 N–H and O–H groups in total. The Labute approximate surface area is 138 Å². The lowest BCUT2D eigenvalue weighted by Gasteiger charge is -2.33. The van der Waals surface area contributed by atoms with E-state index in [1.165, 1.54) is 11.3 Å². The second-order valence-electron chi connectivity index (χ2n) is 5.32. The van der Waals surface area contributed by atoms with Gasteiger partial charge in [0.05, 0.1) is 6.54 Å². The molecule has 120 valence electrons. The zero-order chi connectivity index (χ0) is 16.1. The smallest absolute Gasteiger partial charge is 0.242 e. The summed E-state index contributed by atoms with van der Waals surface area (Å²) in [5.74, 6) is -0.135. The number of rotatable bonds is 5. The number of piperazine rings is 1. The molecule has 0 radical (unpaired) electrons. The molecule has 1 aliphatic heterocycles. The van der Waals surface area contributed by atoms with Gasteiger partial charge in [-0.2, -0.15) is 0 Å². The minimum absolute atomic E-state index is 0.0428. The molecule has 1 saturated heterocycles. The molecule has 2 aromatic heterocycles. The molecular weight excluding hydrogens is 312 g/mol. The summed E-state index contributed by atoms with van der Waals surface area (Å²) in [4.78, 5) is 31.3. The van der Waals surface area contributed by atoms with E-state index in [-0.39, 0.29) is 24.4 Å². The van der Waals surface area contributed by atoms with Gasteiger partial charge in [-0.25, -0.2) is 0 Å². The van der Waals surface area contributed by atoms with Gasteiger partial charge in [-0.1, -0.05) is 12.1 Å². The van der Waals surface area contributed by atoms with Crippen LogP contribution in [0.25, 0.3) is 0 Å². The molecule has 1 unspecified atom stereocenters. The maximum absolute atomic E-state index is 12.2. The molecule has 1 aliphatic rings. The topological polar surface area (TPSA) is 74.3 Å². The van der Waals surface area contributed by atoms with Crippen molar-refractivity contribution in [2.24, 2.45) is 0 Å².